The van der Waals surface area contributed by atoms with Gasteiger partial charge in [-0.15, -0.1) is 11.3 Å². The molecule has 1 aliphatic rings. The molecule has 2 aromatic rings. The standard InChI is InChI=1S/C17H22N4OS/c1-13-4-3-5-15(10-13)19-16(22)11-20-6-8-21(9-7-20)17-18-14(2)12-23-17/h3-5,10,12H,6-9,11H2,1-2H3,(H,19,22). The maximum atomic E-state index is 12.2. The Morgan fingerprint density at radius 3 is 2.70 bits per heavy atom. The van der Waals surface area contributed by atoms with Crippen LogP contribution >= 0.6 is 11.3 Å². The molecule has 2 heterocycles. The Bertz CT molecular complexity index is 677. The van der Waals surface area contributed by atoms with Gasteiger partial charge in [-0.25, -0.2) is 4.98 Å². The smallest absolute Gasteiger partial charge is 0.238 e. The van der Waals surface area contributed by atoms with Gasteiger partial charge in [0.15, 0.2) is 5.13 Å². The third kappa shape index (κ3) is 4.30. The van der Waals surface area contributed by atoms with Crippen LogP contribution in [0.15, 0.2) is 29.6 Å². The fourth-order valence-corrected chi connectivity index (χ4v) is 3.57. The molecule has 1 aromatic carbocycles. The van der Waals surface area contributed by atoms with Crippen LogP contribution in [0.5, 0.6) is 0 Å². The van der Waals surface area contributed by atoms with E-state index in [0.29, 0.717) is 6.54 Å². The number of rotatable bonds is 4. The molecule has 122 valence electrons. The molecule has 0 saturated carbocycles. The molecular weight excluding hydrogens is 308 g/mol. The molecule has 0 bridgehead atoms. The minimum atomic E-state index is 0.0501. The summed E-state index contributed by atoms with van der Waals surface area (Å²) in [7, 11) is 0. The Balaban J connectivity index is 1.47. The largest absolute Gasteiger partial charge is 0.346 e. The van der Waals surface area contributed by atoms with Crippen LogP contribution in [0.4, 0.5) is 10.8 Å². The zero-order valence-electron chi connectivity index (χ0n) is 13.6. The maximum absolute atomic E-state index is 12.2. The highest BCUT2D eigenvalue weighted by molar-refractivity contribution is 7.13. The van der Waals surface area contributed by atoms with Crippen molar-refractivity contribution < 1.29 is 4.79 Å². The van der Waals surface area contributed by atoms with Crippen molar-refractivity contribution in [3.63, 3.8) is 0 Å². The second-order valence-electron chi connectivity index (χ2n) is 5.95. The van der Waals surface area contributed by atoms with Gasteiger partial charge in [0.2, 0.25) is 5.91 Å². The first-order chi connectivity index (χ1) is 11.1. The number of nitrogens with one attached hydrogen (secondary N) is 1. The van der Waals surface area contributed by atoms with Crippen LogP contribution in [-0.2, 0) is 4.79 Å². The number of hydrogen-bond donors (Lipinski definition) is 1. The van der Waals surface area contributed by atoms with Crippen molar-refractivity contribution in [1.82, 2.24) is 9.88 Å². The van der Waals surface area contributed by atoms with Gasteiger partial charge in [-0.05, 0) is 31.5 Å². The number of piperazine rings is 1. The molecule has 3 rings (SSSR count). The van der Waals surface area contributed by atoms with Crippen molar-refractivity contribution in [3.05, 3.63) is 40.9 Å². The summed E-state index contributed by atoms with van der Waals surface area (Å²) < 4.78 is 0. The average molecular weight is 330 g/mol. The summed E-state index contributed by atoms with van der Waals surface area (Å²) in [5, 5.41) is 6.14. The molecule has 0 aliphatic carbocycles. The molecule has 0 radical (unpaired) electrons. The summed E-state index contributed by atoms with van der Waals surface area (Å²) in [4.78, 5) is 21.2. The lowest BCUT2D eigenvalue weighted by Gasteiger charge is -2.34. The molecule has 1 fully saturated rings. The molecule has 5 nitrogen and oxygen atoms in total. The number of benzene rings is 1. The number of carbonyl (C=O) groups excluding carboxylic acids is 1. The summed E-state index contributed by atoms with van der Waals surface area (Å²) in [5.74, 6) is 0.0501. The number of anilines is 2. The fourth-order valence-electron chi connectivity index (χ4n) is 2.71. The minimum absolute atomic E-state index is 0.0501. The molecular formula is C17H22N4OS. The van der Waals surface area contributed by atoms with E-state index in [2.05, 4.69) is 25.5 Å². The summed E-state index contributed by atoms with van der Waals surface area (Å²) >= 11 is 1.69. The highest BCUT2D eigenvalue weighted by atomic mass is 32.1. The summed E-state index contributed by atoms with van der Waals surface area (Å²) in [5.41, 5.74) is 3.09. The lowest BCUT2D eigenvalue weighted by molar-refractivity contribution is -0.117. The number of thiazole rings is 1. The zero-order valence-corrected chi connectivity index (χ0v) is 14.4. The van der Waals surface area contributed by atoms with Crippen molar-refractivity contribution in [3.8, 4) is 0 Å². The van der Waals surface area contributed by atoms with E-state index in [-0.39, 0.29) is 5.91 Å². The highest BCUT2D eigenvalue weighted by Crippen LogP contribution is 2.21. The predicted molar refractivity (Wildman–Crippen MR) is 95.3 cm³/mol. The monoisotopic (exact) mass is 330 g/mol. The average Bonchev–Trinajstić information content (AvgIpc) is 2.94. The summed E-state index contributed by atoms with van der Waals surface area (Å²) in [6.07, 6.45) is 0. The van der Waals surface area contributed by atoms with Crippen LogP contribution in [0.1, 0.15) is 11.3 Å². The van der Waals surface area contributed by atoms with E-state index in [1.165, 1.54) is 0 Å². The third-order valence-corrected chi connectivity index (χ3v) is 4.94. The van der Waals surface area contributed by atoms with Gasteiger partial charge >= 0.3 is 0 Å². The van der Waals surface area contributed by atoms with E-state index in [0.717, 1.165) is 48.3 Å². The van der Waals surface area contributed by atoms with Crippen molar-refractivity contribution in [1.29, 1.82) is 0 Å². The molecule has 0 spiro atoms. The van der Waals surface area contributed by atoms with Gasteiger partial charge in [0.25, 0.3) is 0 Å². The fraction of sp³-hybridized carbons (Fsp3) is 0.412. The number of amides is 1. The van der Waals surface area contributed by atoms with Crippen LogP contribution in [0.25, 0.3) is 0 Å². The van der Waals surface area contributed by atoms with Gasteiger partial charge in [-0.3, -0.25) is 9.69 Å². The number of carbonyl (C=O) groups is 1. The molecule has 23 heavy (non-hydrogen) atoms. The van der Waals surface area contributed by atoms with E-state index in [1.54, 1.807) is 11.3 Å². The highest BCUT2D eigenvalue weighted by Gasteiger charge is 2.20. The predicted octanol–water partition coefficient (Wildman–Crippen LogP) is 2.52. The SMILES string of the molecule is Cc1cccc(NC(=O)CN2CCN(c3nc(C)cs3)CC2)c1. The summed E-state index contributed by atoms with van der Waals surface area (Å²) in [6.45, 7) is 8.11. The minimum Gasteiger partial charge on any atom is -0.346 e. The zero-order chi connectivity index (χ0) is 16.2. The van der Waals surface area contributed by atoms with Crippen molar-refractivity contribution in [2.75, 3.05) is 42.9 Å². The second-order valence-corrected chi connectivity index (χ2v) is 6.79. The molecule has 1 aliphatic heterocycles. The Kier molecular flexibility index (Phi) is 4.93. The van der Waals surface area contributed by atoms with E-state index in [4.69, 9.17) is 0 Å². The van der Waals surface area contributed by atoms with Gasteiger partial charge in [0.1, 0.15) is 0 Å². The van der Waals surface area contributed by atoms with Gasteiger partial charge in [-0.1, -0.05) is 12.1 Å². The topological polar surface area (TPSA) is 48.5 Å². The molecule has 1 aromatic heterocycles. The number of hydrogen-bond acceptors (Lipinski definition) is 5. The van der Waals surface area contributed by atoms with E-state index >= 15 is 0 Å². The van der Waals surface area contributed by atoms with Crippen molar-refractivity contribution >= 4 is 28.1 Å². The van der Waals surface area contributed by atoms with Gasteiger partial charge < -0.3 is 10.2 Å². The molecule has 0 atom stereocenters. The molecule has 1 N–H and O–H groups in total. The number of aryl methyl sites for hydroxylation is 2. The van der Waals surface area contributed by atoms with Crippen LogP contribution < -0.4 is 10.2 Å². The first kappa shape index (κ1) is 16.0. The molecule has 0 unspecified atom stereocenters. The van der Waals surface area contributed by atoms with Gasteiger partial charge in [0, 0.05) is 37.2 Å². The van der Waals surface area contributed by atoms with Gasteiger partial charge in [0.05, 0.1) is 12.2 Å². The Hall–Kier alpha value is -1.92. The first-order valence-electron chi connectivity index (χ1n) is 7.86. The lowest BCUT2D eigenvalue weighted by atomic mass is 10.2. The molecule has 6 heteroatoms. The van der Waals surface area contributed by atoms with Crippen LogP contribution in [-0.4, -0.2) is 48.5 Å². The van der Waals surface area contributed by atoms with E-state index in [1.807, 2.05) is 38.1 Å². The van der Waals surface area contributed by atoms with E-state index < -0.39 is 0 Å². The number of aromatic nitrogens is 1. The van der Waals surface area contributed by atoms with Crippen LogP contribution in [0.3, 0.4) is 0 Å². The maximum Gasteiger partial charge on any atom is 0.238 e. The second kappa shape index (κ2) is 7.10. The first-order valence-corrected chi connectivity index (χ1v) is 8.74. The van der Waals surface area contributed by atoms with Gasteiger partial charge in [-0.2, -0.15) is 0 Å². The Morgan fingerprint density at radius 2 is 2.04 bits per heavy atom. The normalized spacial score (nSPS) is 15.7. The molecule has 1 saturated heterocycles. The van der Waals surface area contributed by atoms with Crippen molar-refractivity contribution in [2.24, 2.45) is 0 Å². The van der Waals surface area contributed by atoms with Crippen LogP contribution in [0, 0.1) is 13.8 Å². The summed E-state index contributed by atoms with van der Waals surface area (Å²) in [6, 6.07) is 7.89. The van der Waals surface area contributed by atoms with E-state index in [9.17, 15) is 4.79 Å². The van der Waals surface area contributed by atoms with Crippen LogP contribution in [0.2, 0.25) is 0 Å². The number of nitrogens with zero attached hydrogens (tertiary/aromatic N) is 3. The quantitative estimate of drug-likeness (QED) is 0.936. The lowest BCUT2D eigenvalue weighted by Crippen LogP contribution is -2.48. The Morgan fingerprint density at radius 1 is 1.26 bits per heavy atom. The molecule has 1 amide bonds. The Labute approximate surface area is 140 Å². The van der Waals surface area contributed by atoms with Crippen molar-refractivity contribution in [2.45, 2.75) is 13.8 Å². The third-order valence-electron chi connectivity index (χ3n) is 3.92.